The molecule has 2 radical (unpaired) electrons. The van der Waals surface area contributed by atoms with Gasteiger partial charge in [0, 0.05) is 23.7 Å². The molecule has 8 bridgehead atoms. The van der Waals surface area contributed by atoms with Gasteiger partial charge in [-0.2, -0.15) is 0 Å². The molecule has 0 nitrogen and oxygen atoms in total. The first-order chi connectivity index (χ1) is 10.2. The highest BCUT2D eigenvalue weighted by atomic mass is 29.6. The predicted molar refractivity (Wildman–Crippen MR) is 94.7 cm³/mol. The smallest absolute Gasteiger partial charge is 0.0398 e. The number of hydrogen-bond acceptors (Lipinski definition) is 0. The molecule has 6 aliphatic heterocycles. The first-order valence-corrected chi connectivity index (χ1v) is 18.2. The van der Waals surface area contributed by atoms with Crippen molar-refractivity contribution in [1.82, 2.24) is 0 Å². The molecule has 8 fully saturated rings. The Morgan fingerprint density at radius 3 is 0.905 bits per heavy atom. The van der Waals surface area contributed by atoms with Crippen LogP contribution in [0.2, 0.25) is 36.3 Å². The Bertz CT molecular complexity index is 359. The van der Waals surface area contributed by atoms with Crippen LogP contribution in [0.4, 0.5) is 0 Å². The van der Waals surface area contributed by atoms with E-state index in [2.05, 4.69) is 0 Å². The first-order valence-electron chi connectivity index (χ1n) is 9.97. The summed E-state index contributed by atoms with van der Waals surface area (Å²) in [5, 5.41) is 0. The largest absolute Gasteiger partial charge is 0.0567 e. The lowest BCUT2D eigenvalue weighted by Gasteiger charge is -2.62. The zero-order chi connectivity index (χ0) is 13.7. The van der Waals surface area contributed by atoms with E-state index in [9.17, 15) is 0 Å². The first kappa shape index (κ1) is 13.0. The van der Waals surface area contributed by atoms with Crippen LogP contribution >= 0.6 is 0 Å². The summed E-state index contributed by atoms with van der Waals surface area (Å²) in [4.78, 5) is 0. The van der Waals surface area contributed by atoms with Crippen molar-refractivity contribution >= 4 is 23.7 Å². The van der Waals surface area contributed by atoms with E-state index in [0.717, 1.165) is 0 Å². The van der Waals surface area contributed by atoms with Crippen molar-refractivity contribution in [3.8, 4) is 0 Å². The molecule has 3 heteroatoms. The maximum absolute atomic E-state index is 1.84. The third kappa shape index (κ3) is 1.95. The second-order valence-corrected chi connectivity index (χ2v) is 27.7. The van der Waals surface area contributed by atoms with Gasteiger partial charge in [0.25, 0.3) is 0 Å². The summed E-state index contributed by atoms with van der Waals surface area (Å²) in [7, 11) is 0.172. The Morgan fingerprint density at radius 1 is 0.429 bits per heavy atom. The number of rotatable bonds is 2. The predicted octanol–water partition coefficient (Wildman–Crippen LogP) is 4.70. The van der Waals surface area contributed by atoms with Gasteiger partial charge in [0.15, 0.2) is 0 Å². The van der Waals surface area contributed by atoms with Crippen molar-refractivity contribution in [2.45, 2.75) is 74.8 Å². The van der Waals surface area contributed by atoms with E-state index in [4.69, 9.17) is 0 Å². The molecule has 114 valence electrons. The zero-order valence-electron chi connectivity index (χ0n) is 13.4. The maximum atomic E-state index is 1.84. The molecule has 8 rings (SSSR count). The van der Waals surface area contributed by atoms with Gasteiger partial charge >= 0.3 is 0 Å². The lowest BCUT2D eigenvalue weighted by Crippen LogP contribution is -2.68. The molecular weight excluding hydrogens is 300 g/mol. The van der Waals surface area contributed by atoms with E-state index in [1.54, 1.807) is 47.1 Å². The molecule has 6 saturated heterocycles. The summed E-state index contributed by atoms with van der Waals surface area (Å²) >= 11 is 0. The van der Waals surface area contributed by atoms with Crippen LogP contribution in [-0.4, -0.2) is 23.7 Å². The molecule has 0 aromatic carbocycles. The molecule has 0 amide bonds. The van der Waals surface area contributed by atoms with E-state index >= 15 is 0 Å². The van der Waals surface area contributed by atoms with Crippen molar-refractivity contribution in [3.63, 3.8) is 0 Å². The number of hydrogen-bond donors (Lipinski definition) is 0. The minimum atomic E-state index is -0.742. The zero-order valence-corrected chi connectivity index (χ0v) is 16.4. The van der Waals surface area contributed by atoms with Gasteiger partial charge in [-0.1, -0.05) is 36.3 Å². The molecule has 0 unspecified atom stereocenters. The van der Waals surface area contributed by atoms with Crippen LogP contribution < -0.4 is 0 Å². The normalized spacial score (nSPS) is 63.4. The summed E-state index contributed by atoms with van der Waals surface area (Å²) in [6, 6.07) is 11.0. The lowest BCUT2D eigenvalue weighted by atomic mass is 9.76. The van der Waals surface area contributed by atoms with E-state index < -0.39 is 15.2 Å². The fraction of sp³-hybridized carbons (Fsp3) is 1.00. The molecule has 0 aromatic rings. The van der Waals surface area contributed by atoms with Crippen LogP contribution in [0.5, 0.6) is 0 Å². The molecule has 0 spiro atoms. The summed E-state index contributed by atoms with van der Waals surface area (Å²) in [6.45, 7) is 0. The van der Waals surface area contributed by atoms with Crippen LogP contribution in [0, 0.1) is 35.5 Å². The Kier molecular flexibility index (Phi) is 2.59. The highest BCUT2D eigenvalue weighted by Gasteiger charge is 2.59. The van der Waals surface area contributed by atoms with E-state index in [-0.39, 0.29) is 0 Å². The maximum Gasteiger partial charge on any atom is 0.0398 e. The fourth-order valence-electron chi connectivity index (χ4n) is 9.09. The lowest BCUT2D eigenvalue weighted by molar-refractivity contribution is 0.189. The van der Waals surface area contributed by atoms with Gasteiger partial charge < -0.3 is 0 Å². The molecule has 0 aromatic heterocycles. The molecule has 2 aliphatic carbocycles. The standard InChI is InChI=1S/C18H30Si3/c1-13-2-15-3-14(1)8-20(7-13,9-15)19-21-10-16-4-17(11-21)6-18(5-16)12-21/h13-18H,1-12H2. The topological polar surface area (TPSA) is 0 Å². The molecule has 0 N–H and O–H groups in total. The molecule has 2 saturated carbocycles. The van der Waals surface area contributed by atoms with Crippen LogP contribution in [-0.2, 0) is 0 Å². The van der Waals surface area contributed by atoms with Crippen LogP contribution in [0.1, 0.15) is 38.5 Å². The van der Waals surface area contributed by atoms with Crippen LogP contribution in [0.15, 0.2) is 0 Å². The van der Waals surface area contributed by atoms with Gasteiger partial charge in [0.2, 0.25) is 0 Å². The van der Waals surface area contributed by atoms with Crippen molar-refractivity contribution < 1.29 is 0 Å². The van der Waals surface area contributed by atoms with Crippen LogP contribution in [0.25, 0.3) is 0 Å². The molecule has 8 aliphatic rings. The van der Waals surface area contributed by atoms with Crippen molar-refractivity contribution in [2.24, 2.45) is 35.5 Å². The summed E-state index contributed by atoms with van der Waals surface area (Å²) in [5.41, 5.74) is 0. The average molecular weight is 331 g/mol. The van der Waals surface area contributed by atoms with Gasteiger partial charge in [-0.25, -0.2) is 0 Å². The summed E-state index contributed by atoms with van der Waals surface area (Å²) in [5.74, 6) is 7.49. The molecule has 6 heterocycles. The van der Waals surface area contributed by atoms with E-state index in [1.807, 2.05) is 36.3 Å². The van der Waals surface area contributed by atoms with Gasteiger partial charge in [0.05, 0.1) is 0 Å². The Morgan fingerprint density at radius 2 is 0.667 bits per heavy atom. The van der Waals surface area contributed by atoms with E-state index in [0.29, 0.717) is 0 Å². The Labute approximate surface area is 134 Å². The minimum Gasteiger partial charge on any atom is -0.0567 e. The van der Waals surface area contributed by atoms with E-state index in [1.165, 1.54) is 35.5 Å². The van der Waals surface area contributed by atoms with Crippen molar-refractivity contribution in [1.29, 1.82) is 0 Å². The third-order valence-electron chi connectivity index (χ3n) is 8.61. The Hall–Kier alpha value is 0.651. The minimum absolute atomic E-state index is 0.742. The molecule has 0 atom stereocenters. The highest BCUT2D eigenvalue weighted by molar-refractivity contribution is 7.53. The highest BCUT2D eigenvalue weighted by Crippen LogP contribution is 2.60. The summed E-state index contributed by atoms with van der Waals surface area (Å²) in [6.07, 6.45) is 10.1. The van der Waals surface area contributed by atoms with Gasteiger partial charge in [-0.05, 0) is 74.0 Å². The van der Waals surface area contributed by atoms with Gasteiger partial charge in [-0.3, -0.25) is 0 Å². The van der Waals surface area contributed by atoms with Crippen molar-refractivity contribution in [3.05, 3.63) is 0 Å². The average Bonchev–Trinajstić information content (AvgIpc) is 2.33. The van der Waals surface area contributed by atoms with Gasteiger partial charge in [-0.15, -0.1) is 0 Å². The molecular formula is C18H30Si3. The Balaban J connectivity index is 1.31. The van der Waals surface area contributed by atoms with Crippen LogP contribution in [0.3, 0.4) is 0 Å². The van der Waals surface area contributed by atoms with Crippen molar-refractivity contribution in [2.75, 3.05) is 0 Å². The monoisotopic (exact) mass is 330 g/mol. The summed E-state index contributed by atoms with van der Waals surface area (Å²) < 4.78 is 0. The quantitative estimate of drug-likeness (QED) is 0.644. The fourth-order valence-corrected chi connectivity index (χ4v) is 46.5. The third-order valence-corrected chi connectivity index (χ3v) is 34.2. The second kappa shape index (κ2) is 4.19. The molecule has 21 heavy (non-hydrogen) atoms. The SMILES string of the molecule is C1C2CC3CC1C[Si]([Si][Si]14CC5CC(CC(C5)C1)C4)(C2)C3. The van der Waals surface area contributed by atoms with Gasteiger partial charge in [0.1, 0.15) is 0 Å². The second-order valence-electron chi connectivity index (χ2n) is 10.5.